The highest BCUT2D eigenvalue weighted by atomic mass is 32.4. The summed E-state index contributed by atoms with van der Waals surface area (Å²) in [7, 11) is -3.24. The second-order valence-electron chi connectivity index (χ2n) is 16.0. The largest absolute Gasteiger partial charge is 0.309 e. The van der Waals surface area contributed by atoms with Gasteiger partial charge in [0.05, 0.1) is 22.2 Å². The molecule has 63 heavy (non-hydrogen) atoms. The normalized spacial score (nSPS) is 13.0. The molecule has 1 atom stereocenters. The first-order valence-corrected chi connectivity index (χ1v) is 25.5. The van der Waals surface area contributed by atoms with Crippen molar-refractivity contribution in [1.82, 2.24) is 14.4 Å². The van der Waals surface area contributed by atoms with Crippen LogP contribution in [0.3, 0.4) is 0 Å². The van der Waals surface area contributed by atoms with Crippen molar-refractivity contribution in [3.05, 3.63) is 225 Å². The minimum atomic E-state index is -3.24. The molecule has 3 aromatic heterocycles. The van der Waals surface area contributed by atoms with E-state index >= 15 is 4.57 Å². The molecule has 298 valence electrons. The van der Waals surface area contributed by atoms with Gasteiger partial charge >= 0.3 is 0 Å². The lowest BCUT2D eigenvalue weighted by molar-refractivity contribution is 0.592. The van der Waals surface area contributed by atoms with Crippen LogP contribution in [-0.2, 0) is 16.4 Å². The van der Waals surface area contributed by atoms with Crippen LogP contribution in [0.2, 0.25) is 0 Å². The topological polar surface area (TPSA) is 47.3 Å². The number of benzene rings is 9. The van der Waals surface area contributed by atoms with Crippen LogP contribution in [0.15, 0.2) is 225 Å². The Balaban J connectivity index is 1.03. The van der Waals surface area contributed by atoms with Gasteiger partial charge in [-0.15, -0.1) is 0 Å². The highest BCUT2D eigenvalue weighted by Gasteiger charge is 2.31. The Morgan fingerprint density at radius 2 is 1.03 bits per heavy atom. The van der Waals surface area contributed by atoms with E-state index in [2.05, 4.69) is 144 Å². The van der Waals surface area contributed by atoms with Crippen molar-refractivity contribution in [1.29, 1.82) is 0 Å². The predicted molar refractivity (Wildman–Crippen MR) is 271 cm³/mol. The van der Waals surface area contributed by atoms with E-state index in [1.54, 1.807) is 0 Å². The van der Waals surface area contributed by atoms with Gasteiger partial charge in [-0.05, 0) is 74.6 Å². The Hall–Kier alpha value is -7.00. The van der Waals surface area contributed by atoms with Gasteiger partial charge in [0, 0.05) is 55.2 Å². The first kappa shape index (κ1) is 37.7. The van der Waals surface area contributed by atoms with Crippen LogP contribution in [0, 0.1) is 0 Å². The van der Waals surface area contributed by atoms with E-state index in [1.807, 2.05) is 85.1 Å². The summed E-state index contributed by atoms with van der Waals surface area (Å²) in [6, 6.07) is 72.9. The van der Waals surface area contributed by atoms with E-state index in [0.29, 0.717) is 0 Å². The number of hydrogen-bond donors (Lipinski definition) is 0. The summed E-state index contributed by atoms with van der Waals surface area (Å²) in [4.78, 5) is 10.4. The van der Waals surface area contributed by atoms with E-state index in [1.165, 1.54) is 10.8 Å². The Kier molecular flexibility index (Phi) is 8.88. The number of imidazole rings is 1. The fourth-order valence-corrected chi connectivity index (χ4v) is 15.7. The van der Waals surface area contributed by atoms with E-state index in [0.717, 1.165) is 92.2 Å². The zero-order chi connectivity index (χ0) is 42.1. The second-order valence-corrected chi connectivity index (χ2v) is 23.2. The Labute approximate surface area is 369 Å². The lowest BCUT2D eigenvalue weighted by atomic mass is 9.98. The molecule has 0 fully saturated rings. The molecule has 0 N–H and O–H groups in total. The minimum absolute atomic E-state index is 0.769. The highest BCUT2D eigenvalue weighted by Crippen LogP contribution is 2.45. The summed E-state index contributed by atoms with van der Waals surface area (Å²) >= 11 is 6.76. The second kappa shape index (κ2) is 14.8. The van der Waals surface area contributed by atoms with Gasteiger partial charge in [0.15, 0.2) is 7.14 Å². The third-order valence-corrected chi connectivity index (χ3v) is 20.5. The summed E-state index contributed by atoms with van der Waals surface area (Å²) in [5.74, 6) is 0. The predicted octanol–water partition coefficient (Wildman–Crippen LogP) is 11.6. The van der Waals surface area contributed by atoms with Crippen LogP contribution in [0.5, 0.6) is 0 Å². The van der Waals surface area contributed by atoms with Crippen LogP contribution in [0.1, 0.15) is 0 Å². The maximum atomic E-state index is 15.6. The van der Waals surface area contributed by atoms with Gasteiger partial charge in [-0.2, -0.15) is 0 Å². The van der Waals surface area contributed by atoms with Crippen molar-refractivity contribution < 1.29 is 4.57 Å². The molecule has 0 aliphatic heterocycles. The quantitative estimate of drug-likeness (QED) is 0.118. The molecule has 0 radical (unpaired) electrons. The van der Waals surface area contributed by atoms with Crippen LogP contribution >= 0.6 is 13.2 Å². The van der Waals surface area contributed by atoms with E-state index in [9.17, 15) is 0 Å². The molecule has 0 saturated heterocycles. The highest BCUT2D eigenvalue weighted by molar-refractivity contribution is 8.25. The maximum Gasteiger partial charge on any atom is 0.171 e. The van der Waals surface area contributed by atoms with E-state index in [4.69, 9.17) is 21.8 Å². The zero-order valence-corrected chi connectivity index (χ0v) is 36.5. The lowest BCUT2D eigenvalue weighted by Crippen LogP contribution is -2.25. The molecule has 0 amide bonds. The molecular formula is C56H37N3OP2S. The molecule has 9 aromatic carbocycles. The molecule has 0 aliphatic rings. The van der Waals surface area contributed by atoms with Gasteiger partial charge < -0.3 is 4.57 Å². The fourth-order valence-electron chi connectivity index (χ4n) is 9.43. The summed E-state index contributed by atoms with van der Waals surface area (Å²) < 4.78 is 17.9. The first-order chi connectivity index (χ1) is 31.0. The monoisotopic (exact) mass is 861 g/mol. The summed E-state index contributed by atoms with van der Waals surface area (Å²) in [6.07, 6.45) is 2.00. The zero-order valence-electron chi connectivity index (χ0n) is 33.9. The van der Waals surface area contributed by atoms with Crippen LogP contribution in [-0.4, -0.2) is 14.4 Å². The third-order valence-electron chi connectivity index (χ3n) is 12.5. The summed E-state index contributed by atoms with van der Waals surface area (Å²) in [6.45, 7) is 0. The van der Waals surface area contributed by atoms with Gasteiger partial charge in [-0.3, -0.25) is 9.38 Å². The van der Waals surface area contributed by atoms with Crippen LogP contribution in [0.4, 0.5) is 0 Å². The molecule has 0 aliphatic carbocycles. The average Bonchev–Trinajstić information content (AvgIpc) is 3.75. The molecule has 12 aromatic rings. The number of fused-ring (bicyclic) bond motifs is 11. The van der Waals surface area contributed by atoms with Crippen molar-refractivity contribution in [2.75, 3.05) is 0 Å². The number of rotatable bonds is 7. The van der Waals surface area contributed by atoms with E-state index in [-0.39, 0.29) is 0 Å². The molecule has 1 unspecified atom stereocenters. The number of hydrogen-bond acceptors (Lipinski definition) is 4. The Morgan fingerprint density at radius 1 is 0.429 bits per heavy atom. The van der Waals surface area contributed by atoms with Gasteiger partial charge in [-0.1, -0.05) is 188 Å². The summed E-state index contributed by atoms with van der Waals surface area (Å²) in [5, 5.41) is 13.6. The average molecular weight is 862 g/mol. The van der Waals surface area contributed by atoms with Gasteiger partial charge in [0.25, 0.3) is 0 Å². The van der Waals surface area contributed by atoms with Crippen LogP contribution in [0.25, 0.3) is 71.2 Å². The van der Waals surface area contributed by atoms with Gasteiger partial charge in [0.2, 0.25) is 0 Å². The van der Waals surface area contributed by atoms with Crippen molar-refractivity contribution >= 4 is 117 Å². The number of nitrogens with zero attached hydrogens (tertiary/aromatic N) is 3. The molecule has 12 rings (SSSR count). The van der Waals surface area contributed by atoms with Crippen molar-refractivity contribution in [2.45, 2.75) is 0 Å². The molecule has 0 spiro atoms. The lowest BCUT2D eigenvalue weighted by Gasteiger charge is -2.24. The molecule has 0 bridgehead atoms. The number of pyridine rings is 2. The Morgan fingerprint density at radius 3 is 1.75 bits per heavy atom. The molecule has 0 saturated carbocycles. The molecule has 3 heterocycles. The first-order valence-electron chi connectivity index (χ1n) is 21.0. The molecule has 7 heteroatoms. The number of aromatic nitrogens is 3. The fraction of sp³-hybridized carbons (Fsp3) is 0. The summed E-state index contributed by atoms with van der Waals surface area (Å²) in [5.41, 5.74) is 5.60. The van der Waals surface area contributed by atoms with Gasteiger partial charge in [0.1, 0.15) is 5.65 Å². The van der Waals surface area contributed by atoms with Crippen LogP contribution < -0.4 is 31.8 Å². The molecular weight excluding hydrogens is 825 g/mol. The molecule has 4 nitrogen and oxygen atoms in total. The van der Waals surface area contributed by atoms with Crippen molar-refractivity contribution in [3.63, 3.8) is 0 Å². The maximum absolute atomic E-state index is 15.6. The SMILES string of the molecule is O=P(c1ccccc1)(c1ccccc1)c1ccc2nc3c4ccccc4c4ccc5cc(-c6ccc(P(=S)(c7ccccc7)c7ccc8ccccc8c7)cn6)ccc5c4n3c2c1. The van der Waals surface area contributed by atoms with Gasteiger partial charge in [-0.25, -0.2) is 4.98 Å². The van der Waals surface area contributed by atoms with Crippen molar-refractivity contribution in [3.8, 4) is 11.3 Å². The minimum Gasteiger partial charge on any atom is -0.309 e. The third kappa shape index (κ3) is 5.96. The standard InChI is InChI=1S/C56H37N3OP2S/c60-61(42-16-4-1-5-17-42,43-18-6-2-7-19-43)45-28-33-53-54(36-45)59-55-48-30-26-41(34-40(48)25-31-50(55)49-22-12-13-23-51(49)56(59)58-53)52-32-29-47(37-57-52)62(63,44-20-8-3-9-21-44)46-27-24-38-14-10-11-15-39(38)35-46/h1-37H. The van der Waals surface area contributed by atoms with E-state index < -0.39 is 13.2 Å². The smallest absolute Gasteiger partial charge is 0.171 e. The Bertz CT molecular complexity index is 3810. The van der Waals surface area contributed by atoms with Crippen molar-refractivity contribution in [2.24, 2.45) is 0 Å².